The van der Waals surface area contributed by atoms with Gasteiger partial charge in [-0.2, -0.15) is 0 Å². The van der Waals surface area contributed by atoms with E-state index in [4.69, 9.17) is 54.0 Å². The molecule has 0 radical (unpaired) electrons. The van der Waals surface area contributed by atoms with Gasteiger partial charge in [-0.3, -0.25) is 29.6 Å². The van der Waals surface area contributed by atoms with Crippen molar-refractivity contribution in [2.24, 2.45) is 9.98 Å². The Morgan fingerprint density at radius 2 is 1.63 bits per heavy atom. The first-order valence-corrected chi connectivity index (χ1v) is 22.2. The van der Waals surface area contributed by atoms with Crippen LogP contribution in [0.5, 0.6) is 0 Å². The molecule has 5 heterocycles. The standard InChI is InChI=1S/C43H46Cl3N11O5S/c1-26-27(2)63-43-40(26)41(29-4-6-30(44)7-5-29)51-35(42-54-53-28(3)57(42)43)24-39(59)48-14-17-61-19-21-62-20-18-60-16-13-47-38(58)11-8-31-22-37(50-25-49-31)52-36-12-15-56(55-36)32-9-10-33(45)34(46)23-32/h4-11,22-23,25,35H,12-21,24H2,1-3H3,(H,47,58)(H,48,59)(H,49,50,52,55)/b11-8+/t35-/m0/s1. The van der Waals surface area contributed by atoms with Crippen LogP contribution in [0.15, 0.2) is 70.9 Å². The first kappa shape index (κ1) is 45.7. The quantitative estimate of drug-likeness (QED) is 0.0590. The first-order chi connectivity index (χ1) is 30.5. The molecule has 2 amide bonds. The molecule has 2 aromatic carbocycles. The molecule has 3 aromatic heterocycles. The van der Waals surface area contributed by atoms with Crippen LogP contribution in [-0.4, -0.2) is 107 Å². The van der Waals surface area contributed by atoms with Crippen LogP contribution < -0.4 is 21.1 Å². The van der Waals surface area contributed by atoms with E-state index in [-0.39, 0.29) is 18.2 Å². The van der Waals surface area contributed by atoms with Crippen LogP contribution in [0.25, 0.3) is 11.1 Å². The van der Waals surface area contributed by atoms with Crippen molar-refractivity contribution in [3.8, 4) is 5.00 Å². The van der Waals surface area contributed by atoms with Crippen LogP contribution >= 0.6 is 46.1 Å². The monoisotopic (exact) mass is 933 g/mol. The number of carbonyl (C=O) groups is 2. The summed E-state index contributed by atoms with van der Waals surface area (Å²) in [5.41, 5.74) is 8.51. The molecule has 16 nitrogen and oxygen atoms in total. The number of amides is 2. The van der Waals surface area contributed by atoms with Crippen molar-refractivity contribution < 1.29 is 23.8 Å². The predicted octanol–water partition coefficient (Wildman–Crippen LogP) is 6.73. The van der Waals surface area contributed by atoms with Crippen molar-refractivity contribution in [1.82, 2.24) is 40.8 Å². The minimum Gasteiger partial charge on any atom is -0.377 e. The van der Waals surface area contributed by atoms with Crippen molar-refractivity contribution in [3.05, 3.63) is 115 Å². The fourth-order valence-corrected chi connectivity index (χ4v) is 8.35. The Morgan fingerprint density at radius 1 is 0.905 bits per heavy atom. The minimum atomic E-state index is -0.552. The van der Waals surface area contributed by atoms with Gasteiger partial charge in [0.1, 0.15) is 29.0 Å². The number of ether oxygens (including phenoxy) is 3. The van der Waals surface area contributed by atoms with E-state index in [1.807, 2.05) is 46.8 Å². The van der Waals surface area contributed by atoms with Gasteiger partial charge in [0.15, 0.2) is 11.6 Å². The number of nitrogens with one attached hydrogen (secondary N) is 3. The molecular weight excluding hydrogens is 889 g/mol. The van der Waals surface area contributed by atoms with Crippen LogP contribution in [0, 0.1) is 20.8 Å². The highest BCUT2D eigenvalue weighted by molar-refractivity contribution is 7.15. The Morgan fingerprint density at radius 3 is 2.38 bits per heavy atom. The number of hydrogen-bond acceptors (Lipinski definition) is 13. The lowest BCUT2D eigenvalue weighted by Gasteiger charge is -2.18. The second-order valence-electron chi connectivity index (χ2n) is 14.4. The summed E-state index contributed by atoms with van der Waals surface area (Å²) >= 11 is 20.1. The van der Waals surface area contributed by atoms with E-state index >= 15 is 0 Å². The summed E-state index contributed by atoms with van der Waals surface area (Å²) in [5.74, 6) is 2.09. The molecule has 0 aliphatic carbocycles. The molecule has 2 aliphatic heterocycles. The Hall–Kier alpha value is -5.27. The lowest BCUT2D eigenvalue weighted by atomic mass is 9.99. The fourth-order valence-electron chi connectivity index (χ4n) is 6.72. The average Bonchev–Trinajstić information content (AvgIpc) is 3.95. The number of aryl methyl sites for hydroxylation is 2. The lowest BCUT2D eigenvalue weighted by molar-refractivity contribution is -0.121. The van der Waals surface area contributed by atoms with Gasteiger partial charge in [-0.1, -0.05) is 46.9 Å². The Kier molecular flexibility index (Phi) is 15.9. The van der Waals surface area contributed by atoms with E-state index < -0.39 is 6.04 Å². The number of nitrogens with zero attached hydrogens (tertiary/aromatic N) is 8. The highest BCUT2D eigenvalue weighted by atomic mass is 35.5. The van der Waals surface area contributed by atoms with E-state index in [0.29, 0.717) is 98.1 Å². The Balaban J connectivity index is 0.749. The molecule has 0 unspecified atom stereocenters. The van der Waals surface area contributed by atoms with Crippen LogP contribution in [0.2, 0.25) is 15.1 Å². The lowest BCUT2D eigenvalue weighted by Crippen LogP contribution is -2.33. The SMILES string of the molecule is Cc1sc2c(c1C)C(c1ccc(Cl)cc1)=N[C@@H](CC(=O)NCCOCCOCCOCCNC(=O)/C=C/c1cc(N=C3CCN(c4ccc(Cl)c(Cl)c4)N3)ncn1)c1nnc(C)n1-2. The van der Waals surface area contributed by atoms with Crippen LogP contribution in [-0.2, 0) is 23.8 Å². The average molecular weight is 935 g/mol. The van der Waals surface area contributed by atoms with Gasteiger partial charge in [-0.05, 0) is 62.7 Å². The number of hydrazine groups is 1. The van der Waals surface area contributed by atoms with Gasteiger partial charge >= 0.3 is 0 Å². The molecule has 330 valence electrons. The molecule has 1 fully saturated rings. The maximum absolute atomic E-state index is 13.2. The number of anilines is 1. The molecule has 0 saturated carbocycles. The zero-order valence-electron chi connectivity index (χ0n) is 34.9. The van der Waals surface area contributed by atoms with E-state index in [9.17, 15) is 9.59 Å². The molecule has 5 aromatic rings. The van der Waals surface area contributed by atoms with Crippen molar-refractivity contribution >= 4 is 87.1 Å². The molecule has 0 bridgehead atoms. The van der Waals surface area contributed by atoms with Crippen molar-refractivity contribution in [2.75, 3.05) is 64.3 Å². The van der Waals surface area contributed by atoms with Crippen molar-refractivity contribution in [3.63, 3.8) is 0 Å². The maximum atomic E-state index is 13.2. The number of aromatic nitrogens is 5. The summed E-state index contributed by atoms with van der Waals surface area (Å²) in [5, 5.41) is 19.1. The summed E-state index contributed by atoms with van der Waals surface area (Å²) in [6.07, 6.45) is 5.16. The van der Waals surface area contributed by atoms with Gasteiger partial charge in [0.05, 0.1) is 73.2 Å². The molecule has 1 atom stereocenters. The smallest absolute Gasteiger partial charge is 0.244 e. The van der Waals surface area contributed by atoms with Gasteiger partial charge in [0, 0.05) is 59.2 Å². The predicted molar refractivity (Wildman–Crippen MR) is 246 cm³/mol. The summed E-state index contributed by atoms with van der Waals surface area (Å²) in [4.78, 5) is 44.9. The second-order valence-corrected chi connectivity index (χ2v) is 16.8. The third-order valence-electron chi connectivity index (χ3n) is 9.97. The zero-order valence-corrected chi connectivity index (χ0v) is 38.0. The Bertz CT molecular complexity index is 2510. The number of rotatable bonds is 19. The van der Waals surface area contributed by atoms with E-state index in [0.717, 1.165) is 44.8 Å². The highest BCUT2D eigenvalue weighted by Crippen LogP contribution is 2.39. The van der Waals surface area contributed by atoms with Gasteiger partial charge in [0.25, 0.3) is 0 Å². The zero-order chi connectivity index (χ0) is 44.3. The minimum absolute atomic E-state index is 0.0921. The summed E-state index contributed by atoms with van der Waals surface area (Å²) < 4.78 is 18.8. The first-order valence-electron chi connectivity index (χ1n) is 20.2. The highest BCUT2D eigenvalue weighted by Gasteiger charge is 2.32. The fraction of sp³-hybridized carbons (Fsp3) is 0.349. The number of carbonyl (C=O) groups excluding carboxylic acids is 2. The summed E-state index contributed by atoms with van der Waals surface area (Å²) in [6.45, 7) is 9.54. The van der Waals surface area contributed by atoms with Crippen LogP contribution in [0.3, 0.4) is 0 Å². The van der Waals surface area contributed by atoms with Gasteiger partial charge in [0.2, 0.25) is 11.8 Å². The van der Waals surface area contributed by atoms with Gasteiger partial charge in [-0.15, -0.1) is 21.5 Å². The van der Waals surface area contributed by atoms with E-state index in [1.165, 1.54) is 17.3 Å². The molecule has 1 saturated heterocycles. The topological polar surface area (TPSA) is 182 Å². The molecule has 3 N–H and O–H groups in total. The van der Waals surface area contributed by atoms with Crippen LogP contribution in [0.1, 0.15) is 57.8 Å². The third kappa shape index (κ3) is 12.1. The molecular formula is C43H46Cl3N11O5S. The number of aliphatic imine (C=N–C) groups is 2. The number of fused-ring (bicyclic) bond motifs is 3. The van der Waals surface area contributed by atoms with Gasteiger partial charge in [-0.25, -0.2) is 15.0 Å². The van der Waals surface area contributed by atoms with Gasteiger partial charge < -0.3 is 24.8 Å². The second kappa shape index (κ2) is 21.9. The van der Waals surface area contributed by atoms with E-state index in [1.54, 1.807) is 35.6 Å². The molecule has 2 aliphatic rings. The number of thiophene rings is 1. The third-order valence-corrected chi connectivity index (χ3v) is 12.2. The van der Waals surface area contributed by atoms with E-state index in [2.05, 4.69) is 55.1 Å². The molecule has 63 heavy (non-hydrogen) atoms. The van der Waals surface area contributed by atoms with Crippen molar-refractivity contribution in [2.45, 2.75) is 39.7 Å². The summed E-state index contributed by atoms with van der Waals surface area (Å²) in [6, 6.07) is 14.1. The normalized spacial score (nSPS) is 15.3. The number of halogens is 3. The number of amidine groups is 1. The summed E-state index contributed by atoms with van der Waals surface area (Å²) in [7, 11) is 0. The number of hydrogen-bond donors (Lipinski definition) is 3. The molecule has 20 heteroatoms. The maximum Gasteiger partial charge on any atom is 0.244 e. The van der Waals surface area contributed by atoms with Crippen molar-refractivity contribution in [1.29, 1.82) is 0 Å². The Labute approximate surface area is 383 Å². The van der Waals surface area contributed by atoms with Crippen LogP contribution in [0.4, 0.5) is 11.5 Å². The largest absolute Gasteiger partial charge is 0.377 e. The molecule has 0 spiro atoms. The number of benzene rings is 2. The molecule has 7 rings (SSSR count).